The van der Waals surface area contributed by atoms with E-state index in [1.165, 1.54) is 41.0 Å². The van der Waals surface area contributed by atoms with Gasteiger partial charge < -0.3 is 66.5 Å². The first-order valence-corrected chi connectivity index (χ1v) is 41.6. The van der Waals surface area contributed by atoms with E-state index in [-0.39, 0.29) is 59.2 Å². The minimum absolute atomic E-state index is 0.0214. The Bertz CT molecular complexity index is 6510. The van der Waals surface area contributed by atoms with Gasteiger partial charge in [0.05, 0.1) is 19.2 Å². The van der Waals surface area contributed by atoms with Crippen LogP contribution in [0.4, 0.5) is 8.78 Å². The average molecular weight is 1720 g/mol. The molecule has 6 heterocycles. The molecule has 0 fully saturated rings. The molecule has 6 aromatic heterocycles. The summed E-state index contributed by atoms with van der Waals surface area (Å²) >= 11 is 11.9. The number of methoxy groups -OCH3 is 1. The Morgan fingerprint density at radius 3 is 1.02 bits per heavy atom. The molecule has 2 unspecified atom stereocenters. The number of rotatable bonds is 19. The Morgan fingerprint density at radius 1 is 0.294 bits per heavy atom. The van der Waals surface area contributed by atoms with Gasteiger partial charge in [-0.15, -0.1) is 0 Å². The number of fused-ring (bicyclic) bond motifs is 6. The predicted molar refractivity (Wildman–Crippen MR) is 500 cm³/mol. The number of hydrogen-bond acceptors (Lipinski definition) is 7. The summed E-state index contributed by atoms with van der Waals surface area (Å²) in [6.45, 7) is 13.9. The smallest absolute Gasteiger partial charge is 0.268 e. The van der Waals surface area contributed by atoms with Crippen LogP contribution in [0.1, 0.15) is 144 Å². The van der Waals surface area contributed by atoms with Gasteiger partial charge >= 0.3 is 0 Å². The van der Waals surface area contributed by atoms with Gasteiger partial charge in [-0.25, -0.2) is 8.78 Å². The second-order valence-corrected chi connectivity index (χ2v) is 31.3. The Hall–Kier alpha value is -15.1. The van der Waals surface area contributed by atoms with Gasteiger partial charge in [0.15, 0.2) is 0 Å². The van der Waals surface area contributed by atoms with E-state index in [0.717, 1.165) is 105 Å². The van der Waals surface area contributed by atoms with Crippen LogP contribution < -0.4 is 36.6 Å². The van der Waals surface area contributed by atoms with Gasteiger partial charge in [0.2, 0.25) is 0 Å². The SMILES string of the molecule is CC(NC(=O)c1cc2cc(Cl)ccc2[nH]1)c1ccccc1.COc1ccc(CNC(=O)c2cc3cc(F)ccc3[nH]2)cc1.Cc1ccc(CNC(=O)c2cc3cc(C)ccc3[nH]2)cc1.Cc1ccc2[nH]c(C(=O)NC(C)c3ccccc3)cc2c1.Cc1ccc2[nH]c(C(=O)NCc3ccc(F)cc3)cc2c1.O=C(NCc1cccc(Cl)c1)c1cc2ccccc2[nH]1. The summed E-state index contributed by atoms with van der Waals surface area (Å²) in [5.41, 5.74) is 19.5. The summed E-state index contributed by atoms with van der Waals surface area (Å²) in [6, 6.07) is 95.7. The molecule has 18 rings (SSSR count). The maximum Gasteiger partial charge on any atom is 0.268 e. The van der Waals surface area contributed by atoms with Crippen LogP contribution in [0.25, 0.3) is 65.4 Å². The van der Waals surface area contributed by atoms with E-state index in [2.05, 4.69) is 80.9 Å². The highest BCUT2D eigenvalue weighted by Gasteiger charge is 2.19. The molecular formula is C103H94Cl2F2N12O7. The second-order valence-electron chi connectivity index (χ2n) is 30.5. The fraction of sp³-hybridized carbons (Fsp3) is 0.126. The number of aromatic nitrogens is 6. The van der Waals surface area contributed by atoms with Crippen molar-refractivity contribution in [3.63, 3.8) is 0 Å². The topological polar surface area (TPSA) is 279 Å². The standard InChI is InChI=1S/2C18H18N2O.C17H15ClN2O.C17H15FN2O2.C17H15FN2O.C16H13ClN2O/c1-12-3-6-14(7-4-12)11-19-18(21)17-10-15-9-13(2)5-8-16(15)20-17;1-12-8-9-16-15(10-12)11-17(20-16)18(21)19-13(2)14-6-4-3-5-7-14;1-11(12-5-3-2-4-6-12)19-17(21)16-10-13-9-14(18)7-8-15(13)20-16;1-22-14-5-2-11(3-6-14)10-19-17(21)16-9-12-8-13(18)4-7-15(12)20-16;1-11-2-7-15-13(8-11)9-16(20-15)17(21)19-10-12-3-5-14(18)6-4-12;17-13-6-3-4-11(8-13)10-18-16(20)15-9-12-5-1-2-7-14(12)19-15/h3-10,20H,11H2,1-2H3,(H,19,21);3-11,13,20H,1-2H3,(H,19,21);2-11,20H,1H3,(H,19,21);2-9,20H,10H2,1H3,(H,19,21);2-9,20H,10H2,1H3,(H,19,21);1-9,19H,10H2,(H,18,20). The van der Waals surface area contributed by atoms with Gasteiger partial charge in [0, 0.05) is 102 Å². The molecule has 19 nitrogen and oxygen atoms in total. The number of amides is 6. The Labute approximate surface area is 737 Å². The zero-order chi connectivity index (χ0) is 88.8. The van der Waals surface area contributed by atoms with Gasteiger partial charge in [-0.05, 0) is 227 Å². The van der Waals surface area contributed by atoms with Crippen molar-refractivity contribution in [1.29, 1.82) is 0 Å². The lowest BCUT2D eigenvalue weighted by molar-refractivity contribution is 0.0927. The third-order valence-corrected chi connectivity index (χ3v) is 21.2. The molecular weight excluding hydrogens is 1630 g/mol. The van der Waals surface area contributed by atoms with Crippen molar-refractivity contribution in [2.45, 2.75) is 79.8 Å². The van der Waals surface area contributed by atoms with Crippen molar-refractivity contribution in [2.75, 3.05) is 7.11 Å². The molecule has 0 spiro atoms. The van der Waals surface area contributed by atoms with Crippen molar-refractivity contribution >= 4 is 124 Å². The molecule has 0 radical (unpaired) electrons. The molecule has 0 bridgehead atoms. The van der Waals surface area contributed by atoms with Crippen LogP contribution in [-0.2, 0) is 26.2 Å². The van der Waals surface area contributed by atoms with Gasteiger partial charge in [-0.3, -0.25) is 28.8 Å². The minimum atomic E-state index is -0.323. The maximum absolute atomic E-state index is 13.2. The number of halogens is 4. The summed E-state index contributed by atoms with van der Waals surface area (Å²) in [7, 11) is 1.61. The fourth-order valence-electron chi connectivity index (χ4n) is 13.8. The number of para-hydroxylation sites is 1. The Morgan fingerprint density at radius 2 is 0.611 bits per heavy atom. The van der Waals surface area contributed by atoms with E-state index in [1.807, 2.05) is 277 Å². The summed E-state index contributed by atoms with van der Waals surface area (Å²) in [6.07, 6.45) is 0. The van der Waals surface area contributed by atoms with Crippen molar-refractivity contribution in [1.82, 2.24) is 61.8 Å². The van der Waals surface area contributed by atoms with Crippen LogP contribution in [0, 0.1) is 39.3 Å². The molecule has 12 N–H and O–H groups in total. The fourth-order valence-corrected chi connectivity index (χ4v) is 14.2. The summed E-state index contributed by atoms with van der Waals surface area (Å²) in [5, 5.41) is 24.6. The Kier molecular flexibility index (Phi) is 29.7. The Balaban J connectivity index is 0.000000130. The molecule has 0 saturated heterocycles. The third-order valence-electron chi connectivity index (χ3n) is 20.7. The highest BCUT2D eigenvalue weighted by molar-refractivity contribution is 6.31. The first kappa shape index (κ1) is 88.7. The van der Waals surface area contributed by atoms with E-state index >= 15 is 0 Å². The van der Waals surface area contributed by atoms with Gasteiger partial charge in [-0.2, -0.15) is 0 Å². The molecule has 18 aromatic rings. The maximum atomic E-state index is 13.2. The van der Waals surface area contributed by atoms with E-state index in [9.17, 15) is 37.5 Å². The van der Waals surface area contributed by atoms with E-state index in [0.29, 0.717) is 75.8 Å². The molecule has 0 aliphatic rings. The molecule has 12 aromatic carbocycles. The number of nitrogens with one attached hydrogen (secondary N) is 12. The molecule has 6 amide bonds. The van der Waals surface area contributed by atoms with Crippen molar-refractivity contribution in [3.8, 4) is 5.75 Å². The third kappa shape index (κ3) is 24.6. The molecule has 0 aliphatic heterocycles. The first-order valence-electron chi connectivity index (χ1n) is 40.8. The van der Waals surface area contributed by atoms with Crippen LogP contribution in [0.3, 0.4) is 0 Å². The molecule has 0 saturated carbocycles. The lowest BCUT2D eigenvalue weighted by atomic mass is 10.1. The van der Waals surface area contributed by atoms with Gasteiger partial charge in [0.25, 0.3) is 35.4 Å². The monoisotopic (exact) mass is 1720 g/mol. The molecule has 2 atom stereocenters. The van der Waals surface area contributed by atoms with Crippen molar-refractivity contribution in [2.24, 2.45) is 0 Å². The van der Waals surface area contributed by atoms with Gasteiger partial charge in [-0.1, -0.05) is 203 Å². The number of aromatic amines is 6. The minimum Gasteiger partial charge on any atom is -0.497 e. The highest BCUT2D eigenvalue weighted by Crippen LogP contribution is 2.26. The van der Waals surface area contributed by atoms with Crippen molar-refractivity contribution < 1.29 is 42.3 Å². The van der Waals surface area contributed by atoms with Crippen LogP contribution in [0.5, 0.6) is 5.75 Å². The number of carbonyl (C=O) groups excluding carboxylic acids is 6. The van der Waals surface area contributed by atoms with Crippen LogP contribution in [0.15, 0.2) is 309 Å². The summed E-state index contributed by atoms with van der Waals surface area (Å²) in [5.74, 6) is -0.648. The van der Waals surface area contributed by atoms with E-state index in [1.54, 1.807) is 37.4 Å². The molecule has 636 valence electrons. The number of H-pyrrole nitrogens is 6. The quantitative estimate of drug-likeness (QED) is 0.0372. The average Bonchev–Trinajstić information content (AvgIpc) is 1.63. The van der Waals surface area contributed by atoms with Crippen LogP contribution >= 0.6 is 23.2 Å². The molecule has 23 heteroatoms. The second kappa shape index (κ2) is 42.2. The number of benzene rings is 12. The van der Waals surface area contributed by atoms with Crippen LogP contribution in [-0.4, -0.2) is 72.5 Å². The number of ether oxygens (including phenoxy) is 1. The normalized spacial score (nSPS) is 11.2. The number of hydrogen-bond donors (Lipinski definition) is 12. The van der Waals surface area contributed by atoms with E-state index < -0.39 is 0 Å². The molecule has 126 heavy (non-hydrogen) atoms. The van der Waals surface area contributed by atoms with Crippen LogP contribution in [0.2, 0.25) is 10.0 Å². The van der Waals surface area contributed by atoms with E-state index in [4.69, 9.17) is 27.9 Å². The molecule has 0 aliphatic carbocycles. The lowest BCUT2D eigenvalue weighted by Crippen LogP contribution is -2.26. The largest absolute Gasteiger partial charge is 0.497 e. The first-order chi connectivity index (χ1) is 60.9. The zero-order valence-electron chi connectivity index (χ0n) is 70.3. The predicted octanol–water partition coefficient (Wildman–Crippen LogP) is 22.5. The number of aryl methyl sites for hydroxylation is 4. The lowest BCUT2D eigenvalue weighted by Gasteiger charge is -2.13. The summed E-state index contributed by atoms with van der Waals surface area (Å²) in [4.78, 5) is 91.8. The van der Waals surface area contributed by atoms with Gasteiger partial charge in [0.1, 0.15) is 51.5 Å². The highest BCUT2D eigenvalue weighted by atomic mass is 35.5. The number of carbonyl (C=O) groups is 6. The summed E-state index contributed by atoms with van der Waals surface area (Å²) < 4.78 is 31.0. The van der Waals surface area contributed by atoms with Crippen molar-refractivity contribution in [3.05, 3.63) is 421 Å². The zero-order valence-corrected chi connectivity index (χ0v) is 71.8.